The lowest BCUT2D eigenvalue weighted by Gasteiger charge is -2.13. The lowest BCUT2D eigenvalue weighted by Crippen LogP contribution is -2.33. The van der Waals surface area contributed by atoms with Crippen LogP contribution in [-0.4, -0.2) is 21.7 Å². The quantitative estimate of drug-likeness (QED) is 0.847. The fraction of sp³-hybridized carbons (Fsp3) is 0.429. The zero-order chi connectivity index (χ0) is 14.9. The van der Waals surface area contributed by atoms with Gasteiger partial charge in [0.15, 0.2) is 0 Å². The molecule has 2 aromatic rings. The molecule has 2 aromatic heterocycles. The van der Waals surface area contributed by atoms with Gasteiger partial charge in [-0.05, 0) is 13.3 Å². The third kappa shape index (κ3) is 2.37. The van der Waals surface area contributed by atoms with Gasteiger partial charge in [-0.1, -0.05) is 6.92 Å². The number of nitrogen functional groups attached to an aromatic ring is 1. The minimum absolute atomic E-state index is 0.0173. The lowest BCUT2D eigenvalue weighted by molar-refractivity contribution is 0.0941. The molecule has 0 fully saturated rings. The normalized spacial score (nSPS) is 12.3. The summed E-state index contributed by atoms with van der Waals surface area (Å²) in [6.07, 6.45) is 6.61. The van der Waals surface area contributed by atoms with Crippen molar-refractivity contribution in [2.24, 2.45) is 7.05 Å². The molecule has 3 N–H and O–H groups in total. The second-order valence-corrected chi connectivity index (χ2v) is 5.72. The number of rotatable bonds is 4. The predicted molar refractivity (Wildman–Crippen MR) is 82.7 cm³/mol. The van der Waals surface area contributed by atoms with Crippen molar-refractivity contribution in [3.63, 3.8) is 0 Å². The number of nitrogens with zero attached hydrogens (tertiary/aromatic N) is 2. The van der Waals surface area contributed by atoms with E-state index in [1.54, 1.807) is 4.68 Å². The summed E-state index contributed by atoms with van der Waals surface area (Å²) in [6.45, 7) is 3.88. The summed E-state index contributed by atoms with van der Waals surface area (Å²) in [7, 11) is 1.85. The third-order valence-corrected chi connectivity index (χ3v) is 4.55. The Bertz CT molecular complexity index is 692. The summed E-state index contributed by atoms with van der Waals surface area (Å²) < 4.78 is 1.75. The monoisotopic (exact) mass is 290 g/mol. The molecule has 1 amide bonds. The Morgan fingerprint density at radius 1 is 1.65 bits per heavy atom. The summed E-state index contributed by atoms with van der Waals surface area (Å²) in [4.78, 5) is 13.8. The molecular weight excluding hydrogens is 272 g/mol. The molecular formula is C14H18N4OS. The number of amides is 1. The number of terminal acetylenes is 1. The van der Waals surface area contributed by atoms with E-state index in [1.807, 2.05) is 20.9 Å². The molecule has 0 radical (unpaired) electrons. The van der Waals surface area contributed by atoms with E-state index in [9.17, 15) is 4.79 Å². The van der Waals surface area contributed by atoms with Crippen LogP contribution in [0, 0.1) is 19.3 Å². The van der Waals surface area contributed by atoms with Gasteiger partial charge in [-0.15, -0.1) is 23.7 Å². The number of aryl methyl sites for hydroxylation is 2. The van der Waals surface area contributed by atoms with E-state index in [0.717, 1.165) is 22.3 Å². The van der Waals surface area contributed by atoms with Crippen LogP contribution in [0.3, 0.4) is 0 Å². The van der Waals surface area contributed by atoms with Crippen LogP contribution in [0.25, 0.3) is 10.2 Å². The average Bonchev–Trinajstić information content (AvgIpc) is 2.88. The van der Waals surface area contributed by atoms with Gasteiger partial charge < -0.3 is 11.1 Å². The molecule has 0 saturated heterocycles. The molecule has 5 nitrogen and oxygen atoms in total. The first-order valence-corrected chi connectivity index (χ1v) is 7.27. The summed E-state index contributed by atoms with van der Waals surface area (Å²) in [5.74, 6) is 2.41. The van der Waals surface area contributed by atoms with Gasteiger partial charge in [0.05, 0.1) is 16.8 Å². The highest BCUT2D eigenvalue weighted by atomic mass is 32.1. The number of fused-ring (bicyclic) bond motifs is 1. The first kappa shape index (κ1) is 14.4. The topological polar surface area (TPSA) is 72.9 Å². The second-order valence-electron chi connectivity index (χ2n) is 4.72. The number of hydrogen-bond donors (Lipinski definition) is 2. The standard InChI is InChI=1S/C14H18N4OS/c1-5-7-9(6-2)16-13(19)12-11(15)10-8(3)17-18(4)14(10)20-12/h1,9H,6-7,15H2,2-4H3,(H,16,19). The van der Waals surface area contributed by atoms with Crippen molar-refractivity contribution in [2.45, 2.75) is 32.7 Å². The smallest absolute Gasteiger partial charge is 0.263 e. The Morgan fingerprint density at radius 2 is 2.35 bits per heavy atom. The number of nitrogens with two attached hydrogens (primary N) is 1. The van der Waals surface area contributed by atoms with Crippen molar-refractivity contribution in [3.05, 3.63) is 10.6 Å². The first-order valence-electron chi connectivity index (χ1n) is 6.45. The van der Waals surface area contributed by atoms with Gasteiger partial charge in [0.1, 0.15) is 9.71 Å². The van der Waals surface area contributed by atoms with Crippen LogP contribution < -0.4 is 11.1 Å². The zero-order valence-electron chi connectivity index (χ0n) is 11.9. The van der Waals surface area contributed by atoms with Crippen molar-refractivity contribution >= 4 is 33.1 Å². The molecule has 2 heterocycles. The first-order chi connectivity index (χ1) is 9.49. The Morgan fingerprint density at radius 3 is 2.90 bits per heavy atom. The van der Waals surface area contributed by atoms with Crippen LogP contribution in [0.2, 0.25) is 0 Å². The molecule has 1 unspecified atom stereocenters. The van der Waals surface area contributed by atoms with Gasteiger partial charge in [-0.25, -0.2) is 0 Å². The highest BCUT2D eigenvalue weighted by Crippen LogP contribution is 2.35. The van der Waals surface area contributed by atoms with Crippen LogP contribution in [0.5, 0.6) is 0 Å². The fourth-order valence-corrected chi connectivity index (χ4v) is 3.28. The van der Waals surface area contributed by atoms with Crippen molar-refractivity contribution in [1.29, 1.82) is 0 Å². The molecule has 0 aliphatic rings. The van der Waals surface area contributed by atoms with E-state index in [2.05, 4.69) is 16.3 Å². The SMILES string of the molecule is C#CCC(CC)NC(=O)c1sc2c(c(C)nn2C)c1N. The number of hydrogen-bond acceptors (Lipinski definition) is 4. The van der Waals surface area contributed by atoms with Gasteiger partial charge in [-0.2, -0.15) is 5.10 Å². The second kappa shape index (κ2) is 5.55. The van der Waals surface area contributed by atoms with Crippen LogP contribution >= 0.6 is 11.3 Å². The summed E-state index contributed by atoms with van der Waals surface area (Å²) in [5.41, 5.74) is 7.44. The maximum atomic E-state index is 12.3. The number of anilines is 1. The van der Waals surface area contributed by atoms with Crippen LogP contribution in [0.1, 0.15) is 35.1 Å². The molecule has 6 heteroatoms. The van der Waals surface area contributed by atoms with E-state index in [0.29, 0.717) is 17.0 Å². The molecule has 0 aliphatic carbocycles. The highest BCUT2D eigenvalue weighted by molar-refractivity contribution is 7.21. The largest absolute Gasteiger partial charge is 0.397 e. The zero-order valence-corrected chi connectivity index (χ0v) is 12.7. The maximum absolute atomic E-state index is 12.3. The van der Waals surface area contributed by atoms with Crippen LogP contribution in [0.15, 0.2) is 0 Å². The van der Waals surface area contributed by atoms with E-state index in [4.69, 9.17) is 12.2 Å². The number of nitrogens with one attached hydrogen (secondary N) is 1. The van der Waals surface area contributed by atoms with Gasteiger partial charge in [0, 0.05) is 19.5 Å². The molecule has 0 bridgehead atoms. The lowest BCUT2D eigenvalue weighted by atomic mass is 10.1. The molecule has 0 spiro atoms. The van der Waals surface area contributed by atoms with E-state index < -0.39 is 0 Å². The Kier molecular flexibility index (Phi) is 4.00. The molecule has 0 saturated carbocycles. The third-order valence-electron chi connectivity index (χ3n) is 3.28. The van der Waals surface area contributed by atoms with Gasteiger partial charge in [0.2, 0.25) is 0 Å². The predicted octanol–water partition coefficient (Wildman–Crippen LogP) is 2.06. The Balaban J connectivity index is 2.34. The Labute approximate surface area is 122 Å². The van der Waals surface area contributed by atoms with E-state index in [1.165, 1.54) is 11.3 Å². The Hall–Kier alpha value is -2.00. The van der Waals surface area contributed by atoms with Gasteiger partial charge >= 0.3 is 0 Å². The number of aromatic nitrogens is 2. The summed E-state index contributed by atoms with van der Waals surface area (Å²) in [6, 6.07) is -0.0173. The highest BCUT2D eigenvalue weighted by Gasteiger charge is 2.22. The van der Waals surface area contributed by atoms with Crippen LogP contribution in [0.4, 0.5) is 5.69 Å². The molecule has 2 rings (SSSR count). The minimum Gasteiger partial charge on any atom is -0.397 e. The minimum atomic E-state index is -0.162. The fourth-order valence-electron chi connectivity index (χ4n) is 2.19. The molecule has 106 valence electrons. The van der Waals surface area contributed by atoms with Crippen molar-refractivity contribution < 1.29 is 4.79 Å². The number of carbonyl (C=O) groups is 1. The summed E-state index contributed by atoms with van der Waals surface area (Å²) in [5, 5.41) is 8.11. The number of carbonyl (C=O) groups excluding carboxylic acids is 1. The average molecular weight is 290 g/mol. The van der Waals surface area contributed by atoms with Crippen molar-refractivity contribution in [2.75, 3.05) is 5.73 Å². The molecule has 0 aromatic carbocycles. The number of thiophene rings is 1. The summed E-state index contributed by atoms with van der Waals surface area (Å²) >= 11 is 1.36. The molecule has 1 atom stereocenters. The van der Waals surface area contributed by atoms with Gasteiger partial charge in [0.25, 0.3) is 5.91 Å². The van der Waals surface area contributed by atoms with Crippen molar-refractivity contribution in [3.8, 4) is 12.3 Å². The van der Waals surface area contributed by atoms with Crippen molar-refractivity contribution in [1.82, 2.24) is 15.1 Å². The molecule has 20 heavy (non-hydrogen) atoms. The van der Waals surface area contributed by atoms with Gasteiger partial charge in [-0.3, -0.25) is 9.48 Å². The van der Waals surface area contributed by atoms with Crippen LogP contribution in [-0.2, 0) is 7.05 Å². The van der Waals surface area contributed by atoms with E-state index >= 15 is 0 Å². The molecule has 0 aliphatic heterocycles. The maximum Gasteiger partial charge on any atom is 0.263 e. The van der Waals surface area contributed by atoms with E-state index in [-0.39, 0.29) is 11.9 Å².